The van der Waals surface area contributed by atoms with Gasteiger partial charge in [-0.05, 0) is 69.6 Å². The predicted molar refractivity (Wildman–Crippen MR) is 165 cm³/mol. The maximum Gasteiger partial charge on any atom is 0.289 e. The van der Waals surface area contributed by atoms with E-state index >= 15 is 0 Å². The molecule has 0 aromatic carbocycles. The van der Waals surface area contributed by atoms with Crippen molar-refractivity contribution in [1.29, 1.82) is 0 Å². The lowest BCUT2D eigenvalue weighted by Gasteiger charge is -2.38. The zero-order chi connectivity index (χ0) is 32.0. The fourth-order valence-electron chi connectivity index (χ4n) is 6.70. The van der Waals surface area contributed by atoms with E-state index in [9.17, 15) is 28.8 Å². The Labute approximate surface area is 261 Å². The van der Waals surface area contributed by atoms with Gasteiger partial charge in [0.25, 0.3) is 5.91 Å². The van der Waals surface area contributed by atoms with Crippen LogP contribution < -0.4 is 21.3 Å². The van der Waals surface area contributed by atoms with Crippen LogP contribution in [0.4, 0.5) is 0 Å². The van der Waals surface area contributed by atoms with Gasteiger partial charge in [-0.1, -0.05) is 52.9 Å². The lowest BCUT2D eigenvalue weighted by molar-refractivity contribution is -0.146. The van der Waals surface area contributed by atoms with Crippen molar-refractivity contribution in [1.82, 2.24) is 26.2 Å². The van der Waals surface area contributed by atoms with Gasteiger partial charge in [-0.3, -0.25) is 28.8 Å². The second kappa shape index (κ2) is 14.9. The van der Waals surface area contributed by atoms with E-state index in [0.29, 0.717) is 19.4 Å². The molecule has 1 heterocycles. The van der Waals surface area contributed by atoms with Crippen molar-refractivity contribution < 1.29 is 28.8 Å². The average Bonchev–Trinajstić information content (AvgIpc) is 3.46. The van der Waals surface area contributed by atoms with Crippen LogP contribution in [0.2, 0.25) is 0 Å². The molecular weight excluding hydrogens is 562 g/mol. The van der Waals surface area contributed by atoms with Gasteiger partial charge in [0.05, 0.1) is 6.04 Å². The molecular formula is C33H53N5O6. The summed E-state index contributed by atoms with van der Waals surface area (Å²) in [6, 6.07) is -2.86. The van der Waals surface area contributed by atoms with Crippen LogP contribution in [-0.2, 0) is 28.8 Å². The molecule has 0 spiro atoms. The second-order valence-electron chi connectivity index (χ2n) is 14.6. The molecule has 4 atom stereocenters. The minimum Gasteiger partial charge on any atom is -0.356 e. The Balaban J connectivity index is 1.54. The molecule has 11 nitrogen and oxygen atoms in total. The molecule has 4 rings (SSSR count). The molecule has 44 heavy (non-hydrogen) atoms. The first-order valence-electron chi connectivity index (χ1n) is 16.9. The molecule has 0 bridgehead atoms. The van der Waals surface area contributed by atoms with Gasteiger partial charge in [-0.15, -0.1) is 0 Å². The smallest absolute Gasteiger partial charge is 0.289 e. The average molecular weight is 616 g/mol. The number of rotatable bonds is 13. The molecule has 11 heteroatoms. The van der Waals surface area contributed by atoms with Gasteiger partial charge in [0.1, 0.15) is 12.1 Å². The third kappa shape index (κ3) is 8.59. The maximum absolute atomic E-state index is 14.1. The molecule has 246 valence electrons. The highest BCUT2D eigenvalue weighted by molar-refractivity contribution is 6.38. The summed E-state index contributed by atoms with van der Waals surface area (Å²) in [7, 11) is 1.60. The van der Waals surface area contributed by atoms with E-state index in [0.717, 1.165) is 70.6 Å². The van der Waals surface area contributed by atoms with Crippen LogP contribution >= 0.6 is 0 Å². The number of hydrogen-bond acceptors (Lipinski definition) is 6. The molecule has 0 aromatic rings. The fraction of sp³-hybridized carbons (Fsp3) is 0.818. The Morgan fingerprint density at radius 1 is 0.864 bits per heavy atom. The normalized spacial score (nSPS) is 23.3. The highest BCUT2D eigenvalue weighted by Crippen LogP contribution is 2.33. The third-order valence-electron chi connectivity index (χ3n) is 10.2. The van der Waals surface area contributed by atoms with Crippen LogP contribution in [0.3, 0.4) is 0 Å². The Hall–Kier alpha value is -2.98. The van der Waals surface area contributed by atoms with E-state index in [1.54, 1.807) is 27.8 Å². The lowest BCUT2D eigenvalue weighted by atomic mass is 9.80. The number of amides is 5. The first-order chi connectivity index (χ1) is 20.8. The third-order valence-corrected chi connectivity index (χ3v) is 10.2. The van der Waals surface area contributed by atoms with Crippen molar-refractivity contribution in [2.75, 3.05) is 13.6 Å². The van der Waals surface area contributed by atoms with Crippen molar-refractivity contribution in [2.24, 2.45) is 23.2 Å². The van der Waals surface area contributed by atoms with Gasteiger partial charge >= 0.3 is 0 Å². The van der Waals surface area contributed by atoms with Gasteiger partial charge in [-0.25, -0.2) is 0 Å². The van der Waals surface area contributed by atoms with Crippen LogP contribution in [0.5, 0.6) is 0 Å². The topological polar surface area (TPSA) is 154 Å². The van der Waals surface area contributed by atoms with Crippen molar-refractivity contribution in [3.63, 3.8) is 0 Å². The molecule has 4 aliphatic rings. The number of ketones is 1. The quantitative estimate of drug-likeness (QED) is 0.233. The summed E-state index contributed by atoms with van der Waals surface area (Å²) in [4.78, 5) is 81.7. The highest BCUT2D eigenvalue weighted by atomic mass is 16.2. The van der Waals surface area contributed by atoms with Crippen LogP contribution in [-0.4, -0.2) is 78.0 Å². The van der Waals surface area contributed by atoms with Crippen LogP contribution in [0.1, 0.15) is 111 Å². The van der Waals surface area contributed by atoms with E-state index < -0.39 is 47.1 Å². The van der Waals surface area contributed by atoms with Gasteiger partial charge in [-0.2, -0.15) is 0 Å². The Morgan fingerprint density at radius 3 is 2.07 bits per heavy atom. The Kier molecular flexibility index (Phi) is 11.5. The number of nitrogens with one attached hydrogen (secondary N) is 4. The SMILES string of the molecule is CN(C(=O)[C@H](NC(=O)C(C)(C)C)C1CCCC1)[C@@H](CC1CCC1)C(=O)N[C@@H](C[C@@H]1CCCNC1=O)C(=O)C(=O)NC1CCC1. The molecule has 1 saturated heterocycles. The first-order valence-corrected chi connectivity index (χ1v) is 16.9. The molecule has 1 aliphatic heterocycles. The molecule has 4 fully saturated rings. The minimum absolute atomic E-state index is 0.0157. The summed E-state index contributed by atoms with van der Waals surface area (Å²) >= 11 is 0. The van der Waals surface area contributed by atoms with Gasteiger partial charge < -0.3 is 26.2 Å². The van der Waals surface area contributed by atoms with Crippen molar-refractivity contribution in [3.8, 4) is 0 Å². The van der Waals surface area contributed by atoms with Gasteiger partial charge in [0, 0.05) is 31.0 Å². The van der Waals surface area contributed by atoms with Gasteiger partial charge in [0.2, 0.25) is 29.4 Å². The summed E-state index contributed by atoms with van der Waals surface area (Å²) in [5.74, 6) is -2.99. The van der Waals surface area contributed by atoms with E-state index in [2.05, 4.69) is 21.3 Å². The molecule has 0 radical (unpaired) electrons. The lowest BCUT2D eigenvalue weighted by Crippen LogP contribution is -2.60. The first kappa shape index (κ1) is 33.9. The summed E-state index contributed by atoms with van der Waals surface area (Å²) in [5.41, 5.74) is -0.683. The van der Waals surface area contributed by atoms with Crippen molar-refractivity contribution in [3.05, 3.63) is 0 Å². The Bertz CT molecular complexity index is 1090. The monoisotopic (exact) mass is 615 g/mol. The Morgan fingerprint density at radius 2 is 1.52 bits per heavy atom. The molecule has 4 N–H and O–H groups in total. The summed E-state index contributed by atoms with van der Waals surface area (Å²) in [6.45, 7) is 5.98. The fourth-order valence-corrected chi connectivity index (χ4v) is 6.70. The number of carbonyl (C=O) groups excluding carboxylic acids is 6. The number of hydrogen-bond donors (Lipinski definition) is 4. The van der Waals surface area contributed by atoms with E-state index in [1.807, 2.05) is 0 Å². The largest absolute Gasteiger partial charge is 0.356 e. The minimum atomic E-state index is -1.19. The standard InChI is InChI=1S/C33H53N5O6/c1-33(2,3)32(44)37-26(21-12-5-6-13-21)31(43)38(4)25(18-20-10-7-11-20)29(41)36-24(19-22-14-9-17-34-28(22)40)27(39)30(42)35-23-15-8-16-23/h20-26H,5-19H2,1-4H3,(H,34,40)(H,35,42)(H,36,41)(H,37,44)/t22-,24-,25-,26+/m0/s1. The van der Waals surface area contributed by atoms with E-state index in [1.165, 1.54) is 4.90 Å². The summed E-state index contributed by atoms with van der Waals surface area (Å²) < 4.78 is 0. The number of Topliss-reactive ketones (excluding diaryl/α,β-unsaturated/α-hetero) is 1. The highest BCUT2D eigenvalue weighted by Gasteiger charge is 2.42. The number of likely N-dealkylation sites (N-methyl/N-ethyl adjacent to an activating group) is 1. The summed E-state index contributed by atoms with van der Waals surface area (Å²) in [6.07, 6.45) is 11.0. The molecule has 5 amide bonds. The van der Waals surface area contributed by atoms with Crippen molar-refractivity contribution >= 4 is 35.3 Å². The zero-order valence-electron chi connectivity index (χ0n) is 27.0. The zero-order valence-corrected chi connectivity index (χ0v) is 27.0. The van der Waals surface area contributed by atoms with Crippen molar-refractivity contribution in [2.45, 2.75) is 135 Å². The molecule has 3 aliphatic carbocycles. The number of piperidine rings is 1. The van der Waals surface area contributed by atoms with E-state index in [-0.39, 0.29) is 42.0 Å². The molecule has 3 saturated carbocycles. The maximum atomic E-state index is 14.1. The second-order valence-corrected chi connectivity index (χ2v) is 14.6. The van der Waals surface area contributed by atoms with Gasteiger partial charge in [0.15, 0.2) is 0 Å². The molecule has 0 aromatic heterocycles. The van der Waals surface area contributed by atoms with Crippen LogP contribution in [0.25, 0.3) is 0 Å². The van der Waals surface area contributed by atoms with Crippen LogP contribution in [0.15, 0.2) is 0 Å². The summed E-state index contributed by atoms with van der Waals surface area (Å²) in [5, 5.41) is 11.4. The predicted octanol–water partition coefficient (Wildman–Crippen LogP) is 2.36. The van der Waals surface area contributed by atoms with Crippen LogP contribution in [0, 0.1) is 23.2 Å². The number of nitrogens with zero attached hydrogens (tertiary/aromatic N) is 1. The molecule has 0 unspecified atom stereocenters. The van der Waals surface area contributed by atoms with E-state index in [4.69, 9.17) is 0 Å². The number of carbonyl (C=O) groups is 6.